The van der Waals surface area contributed by atoms with Crippen molar-refractivity contribution in [3.63, 3.8) is 0 Å². The Morgan fingerprint density at radius 1 is 1.21 bits per heavy atom. The molecule has 2 rings (SSSR count). The number of nitrogens with zero attached hydrogens (tertiary/aromatic N) is 1. The molecule has 106 valence electrons. The topological polar surface area (TPSA) is 24.5 Å². The highest BCUT2D eigenvalue weighted by molar-refractivity contribution is 5.26. The number of hydrazine groups is 1. The molecule has 1 aliphatic heterocycles. The summed E-state index contributed by atoms with van der Waals surface area (Å²) in [5.41, 5.74) is 2.20. The van der Waals surface area contributed by atoms with Gasteiger partial charge in [0.15, 0.2) is 0 Å². The normalized spacial score (nSPS) is 17.7. The summed E-state index contributed by atoms with van der Waals surface area (Å²) in [7, 11) is 0. The van der Waals surface area contributed by atoms with Crippen LogP contribution < -0.4 is 5.43 Å². The van der Waals surface area contributed by atoms with Crippen molar-refractivity contribution in [3.8, 4) is 0 Å². The van der Waals surface area contributed by atoms with Gasteiger partial charge in [-0.25, -0.2) is 9.40 Å². The second-order valence-corrected chi connectivity index (χ2v) is 4.24. The molecular formula is C12H14F4N2O. The summed E-state index contributed by atoms with van der Waals surface area (Å²) in [4.78, 5) is 0. The molecule has 19 heavy (non-hydrogen) atoms. The van der Waals surface area contributed by atoms with Crippen molar-refractivity contribution in [2.24, 2.45) is 0 Å². The zero-order chi connectivity index (χ0) is 13.9. The molecule has 1 heterocycles. The fourth-order valence-electron chi connectivity index (χ4n) is 1.79. The van der Waals surface area contributed by atoms with Crippen molar-refractivity contribution < 1.29 is 22.3 Å². The number of hydrogen-bond donors (Lipinski definition) is 1. The number of alkyl halides is 3. The monoisotopic (exact) mass is 278 g/mol. The van der Waals surface area contributed by atoms with Crippen LogP contribution >= 0.6 is 0 Å². The molecule has 0 spiro atoms. The van der Waals surface area contributed by atoms with Crippen LogP contribution in [0, 0.1) is 5.82 Å². The summed E-state index contributed by atoms with van der Waals surface area (Å²) in [5, 5.41) is 1.86. The van der Waals surface area contributed by atoms with E-state index >= 15 is 0 Å². The summed E-state index contributed by atoms with van der Waals surface area (Å²) in [6.45, 7) is 2.67. The third-order valence-electron chi connectivity index (χ3n) is 2.88. The number of morpholine rings is 1. The highest BCUT2D eigenvalue weighted by Crippen LogP contribution is 2.30. The SMILES string of the molecule is Fc1cc(C(F)(F)F)ccc1CNN1CCOCC1. The minimum absolute atomic E-state index is 0.157. The molecule has 0 bridgehead atoms. The van der Waals surface area contributed by atoms with Gasteiger partial charge in [0.25, 0.3) is 0 Å². The maximum absolute atomic E-state index is 13.6. The number of halogens is 4. The van der Waals surface area contributed by atoms with Crippen LogP contribution in [0.15, 0.2) is 18.2 Å². The number of rotatable bonds is 3. The van der Waals surface area contributed by atoms with Gasteiger partial charge in [-0.15, -0.1) is 0 Å². The van der Waals surface area contributed by atoms with Crippen molar-refractivity contribution in [1.29, 1.82) is 0 Å². The van der Waals surface area contributed by atoms with Crippen molar-refractivity contribution in [2.45, 2.75) is 12.7 Å². The zero-order valence-electron chi connectivity index (χ0n) is 10.1. The number of benzene rings is 1. The average molecular weight is 278 g/mol. The van der Waals surface area contributed by atoms with E-state index in [4.69, 9.17) is 4.74 Å². The van der Waals surface area contributed by atoms with Gasteiger partial charge in [0, 0.05) is 25.2 Å². The summed E-state index contributed by atoms with van der Waals surface area (Å²) >= 11 is 0. The van der Waals surface area contributed by atoms with E-state index in [1.807, 2.05) is 5.01 Å². The van der Waals surface area contributed by atoms with Crippen LogP contribution in [0.5, 0.6) is 0 Å². The quantitative estimate of drug-likeness (QED) is 0.858. The number of hydrogen-bond acceptors (Lipinski definition) is 3. The van der Waals surface area contributed by atoms with Gasteiger partial charge in [0.2, 0.25) is 0 Å². The molecule has 0 atom stereocenters. The summed E-state index contributed by atoms with van der Waals surface area (Å²) in [5.74, 6) is -0.851. The molecule has 0 radical (unpaired) electrons. The Kier molecular flexibility index (Phi) is 4.38. The van der Waals surface area contributed by atoms with Gasteiger partial charge in [-0.1, -0.05) is 6.07 Å². The molecule has 1 fully saturated rings. The molecule has 0 aliphatic carbocycles. The van der Waals surface area contributed by atoms with E-state index in [0.29, 0.717) is 32.4 Å². The first kappa shape index (κ1) is 14.2. The third-order valence-corrected chi connectivity index (χ3v) is 2.88. The molecule has 0 saturated carbocycles. The van der Waals surface area contributed by atoms with Crippen LogP contribution in [0.2, 0.25) is 0 Å². The Balaban J connectivity index is 1.97. The van der Waals surface area contributed by atoms with E-state index in [1.54, 1.807) is 0 Å². The van der Waals surface area contributed by atoms with Gasteiger partial charge in [-0.05, 0) is 12.1 Å². The minimum Gasteiger partial charge on any atom is -0.379 e. The van der Waals surface area contributed by atoms with Crippen molar-refractivity contribution in [2.75, 3.05) is 26.3 Å². The summed E-state index contributed by atoms with van der Waals surface area (Å²) in [6.07, 6.45) is -4.52. The van der Waals surface area contributed by atoms with Gasteiger partial charge < -0.3 is 4.74 Å². The van der Waals surface area contributed by atoms with Crippen molar-refractivity contribution >= 4 is 0 Å². The highest BCUT2D eigenvalue weighted by Gasteiger charge is 2.31. The molecular weight excluding hydrogens is 264 g/mol. The summed E-state index contributed by atoms with van der Waals surface area (Å²) < 4.78 is 55.8. The maximum Gasteiger partial charge on any atom is 0.416 e. The lowest BCUT2D eigenvalue weighted by molar-refractivity contribution is -0.137. The van der Waals surface area contributed by atoms with Crippen LogP contribution in [-0.2, 0) is 17.5 Å². The Bertz CT molecular complexity index is 430. The first-order valence-corrected chi connectivity index (χ1v) is 5.88. The smallest absolute Gasteiger partial charge is 0.379 e. The average Bonchev–Trinajstić information content (AvgIpc) is 2.37. The fourth-order valence-corrected chi connectivity index (χ4v) is 1.79. The van der Waals surface area contributed by atoms with E-state index in [1.165, 1.54) is 0 Å². The molecule has 0 amide bonds. The lowest BCUT2D eigenvalue weighted by atomic mass is 10.1. The Morgan fingerprint density at radius 2 is 1.89 bits per heavy atom. The first-order chi connectivity index (χ1) is 8.97. The van der Waals surface area contributed by atoms with E-state index in [2.05, 4.69) is 5.43 Å². The van der Waals surface area contributed by atoms with Crippen molar-refractivity contribution in [1.82, 2.24) is 10.4 Å². The van der Waals surface area contributed by atoms with Crippen LogP contribution in [0.4, 0.5) is 17.6 Å². The molecule has 1 aliphatic rings. The minimum atomic E-state index is -4.52. The van der Waals surface area contributed by atoms with Gasteiger partial charge >= 0.3 is 6.18 Å². The maximum atomic E-state index is 13.6. The van der Waals surface area contributed by atoms with Gasteiger partial charge in [-0.3, -0.25) is 5.43 Å². The lowest BCUT2D eigenvalue weighted by Gasteiger charge is -2.27. The number of ether oxygens (including phenoxy) is 1. The van der Waals surface area contributed by atoms with Crippen LogP contribution in [0.25, 0.3) is 0 Å². The first-order valence-electron chi connectivity index (χ1n) is 5.88. The second-order valence-electron chi connectivity index (χ2n) is 4.24. The largest absolute Gasteiger partial charge is 0.416 e. The zero-order valence-corrected chi connectivity index (χ0v) is 10.1. The molecule has 7 heteroatoms. The van der Waals surface area contributed by atoms with Crippen LogP contribution in [-0.4, -0.2) is 31.3 Å². The predicted octanol–water partition coefficient (Wildman–Crippen LogP) is 2.18. The second kappa shape index (κ2) is 5.85. The Labute approximate surface area is 108 Å². The predicted molar refractivity (Wildman–Crippen MR) is 60.6 cm³/mol. The van der Waals surface area contributed by atoms with Gasteiger partial charge in [0.1, 0.15) is 5.82 Å². The standard InChI is InChI=1S/C12H14F4N2O/c13-11-7-10(12(14,15)16)2-1-9(11)8-17-18-3-5-19-6-4-18/h1-2,7,17H,3-6,8H2. The van der Waals surface area contributed by atoms with Gasteiger partial charge in [0.05, 0.1) is 18.8 Å². The van der Waals surface area contributed by atoms with E-state index in [-0.39, 0.29) is 12.1 Å². The van der Waals surface area contributed by atoms with Crippen LogP contribution in [0.1, 0.15) is 11.1 Å². The fraction of sp³-hybridized carbons (Fsp3) is 0.500. The van der Waals surface area contributed by atoms with E-state index < -0.39 is 17.6 Å². The summed E-state index contributed by atoms with van der Waals surface area (Å²) in [6, 6.07) is 2.57. The highest BCUT2D eigenvalue weighted by atomic mass is 19.4. The lowest BCUT2D eigenvalue weighted by Crippen LogP contribution is -2.45. The Morgan fingerprint density at radius 3 is 2.47 bits per heavy atom. The molecule has 1 aromatic carbocycles. The molecule has 1 aromatic rings. The molecule has 1 saturated heterocycles. The van der Waals surface area contributed by atoms with Gasteiger partial charge in [-0.2, -0.15) is 13.2 Å². The molecule has 1 N–H and O–H groups in total. The number of nitrogens with one attached hydrogen (secondary N) is 1. The van der Waals surface area contributed by atoms with Crippen molar-refractivity contribution in [3.05, 3.63) is 35.1 Å². The third kappa shape index (κ3) is 3.89. The molecule has 0 aromatic heterocycles. The molecule has 3 nitrogen and oxygen atoms in total. The van der Waals surface area contributed by atoms with E-state index in [0.717, 1.165) is 12.1 Å². The Hall–Kier alpha value is -1.18. The van der Waals surface area contributed by atoms with E-state index in [9.17, 15) is 17.6 Å². The molecule has 0 unspecified atom stereocenters. The van der Waals surface area contributed by atoms with Crippen LogP contribution in [0.3, 0.4) is 0 Å².